The summed E-state index contributed by atoms with van der Waals surface area (Å²) in [5.41, 5.74) is 0.120. The molecule has 0 heterocycles. The van der Waals surface area contributed by atoms with Gasteiger partial charge in [0.25, 0.3) is 5.91 Å². The van der Waals surface area contributed by atoms with Gasteiger partial charge in [-0.2, -0.15) is 5.26 Å². The number of nitrogens with zero attached hydrogens (tertiary/aromatic N) is 2. The van der Waals surface area contributed by atoms with E-state index in [0.29, 0.717) is 17.9 Å². The maximum atomic E-state index is 12.2. The van der Waals surface area contributed by atoms with E-state index in [1.54, 1.807) is 35.2 Å². The quantitative estimate of drug-likeness (QED) is 0.774. The molecule has 1 aromatic carbocycles. The Balaban J connectivity index is 2.75. The summed E-state index contributed by atoms with van der Waals surface area (Å²) in [6, 6.07) is 8.90. The highest BCUT2D eigenvalue weighted by Gasteiger charge is 2.25. The van der Waals surface area contributed by atoms with E-state index >= 15 is 0 Å². The number of para-hydroxylation sites is 1. The molecule has 1 rings (SSSR count). The number of hydrogen-bond acceptors (Lipinski definition) is 3. The molecule has 0 saturated carbocycles. The summed E-state index contributed by atoms with van der Waals surface area (Å²) in [5.74, 6) is 0.293. The molecule has 0 saturated heterocycles. The lowest BCUT2D eigenvalue weighted by Gasteiger charge is -2.34. The van der Waals surface area contributed by atoms with Crippen LogP contribution >= 0.6 is 0 Å². The fourth-order valence-corrected chi connectivity index (χ4v) is 1.78. The van der Waals surface area contributed by atoms with Crippen LogP contribution in [0.15, 0.2) is 36.9 Å². The minimum atomic E-state index is -0.302. The van der Waals surface area contributed by atoms with Crippen LogP contribution < -0.4 is 4.74 Å². The Morgan fingerprint density at radius 3 is 2.65 bits per heavy atom. The molecule has 0 N–H and O–H groups in total. The van der Waals surface area contributed by atoms with Crippen molar-refractivity contribution in [3.05, 3.63) is 42.5 Å². The average molecular weight is 272 g/mol. The Morgan fingerprint density at radius 2 is 2.10 bits per heavy atom. The Labute approximate surface area is 120 Å². The van der Waals surface area contributed by atoms with Gasteiger partial charge in [0.2, 0.25) is 0 Å². The van der Waals surface area contributed by atoms with Gasteiger partial charge < -0.3 is 9.64 Å². The zero-order chi connectivity index (χ0) is 15.2. The molecule has 0 spiro atoms. The van der Waals surface area contributed by atoms with E-state index in [-0.39, 0.29) is 18.1 Å². The first kappa shape index (κ1) is 15.8. The second-order valence-corrected chi connectivity index (χ2v) is 5.36. The molecule has 0 fully saturated rings. The van der Waals surface area contributed by atoms with E-state index in [1.165, 1.54) is 0 Å². The summed E-state index contributed by atoms with van der Waals surface area (Å²) < 4.78 is 5.46. The van der Waals surface area contributed by atoms with Gasteiger partial charge in [0.15, 0.2) is 6.61 Å². The molecular weight excluding hydrogens is 252 g/mol. The lowest BCUT2D eigenvalue weighted by Crippen LogP contribution is -2.47. The number of benzene rings is 1. The molecule has 0 unspecified atom stereocenters. The number of ether oxygens (including phenoxy) is 1. The predicted molar refractivity (Wildman–Crippen MR) is 78.3 cm³/mol. The van der Waals surface area contributed by atoms with Gasteiger partial charge in [0.05, 0.1) is 5.56 Å². The van der Waals surface area contributed by atoms with Crippen LogP contribution in [0, 0.1) is 11.3 Å². The minimum Gasteiger partial charge on any atom is -0.482 e. The van der Waals surface area contributed by atoms with Crippen LogP contribution in [0.25, 0.3) is 0 Å². The standard InChI is InChI=1S/C16H20N2O2/c1-5-10-18(16(2,3)4)15(19)12-20-14-9-7-6-8-13(14)11-17/h5-9H,1,10,12H2,2-4H3. The zero-order valence-electron chi connectivity index (χ0n) is 12.2. The van der Waals surface area contributed by atoms with Crippen molar-refractivity contribution in [3.8, 4) is 11.8 Å². The summed E-state index contributed by atoms with van der Waals surface area (Å²) in [6.45, 7) is 9.90. The summed E-state index contributed by atoms with van der Waals surface area (Å²) in [4.78, 5) is 13.9. The highest BCUT2D eigenvalue weighted by atomic mass is 16.5. The molecule has 106 valence electrons. The van der Waals surface area contributed by atoms with Crippen molar-refractivity contribution < 1.29 is 9.53 Å². The molecule has 0 radical (unpaired) electrons. The third-order valence-electron chi connectivity index (χ3n) is 2.78. The van der Waals surface area contributed by atoms with E-state index < -0.39 is 0 Å². The highest BCUT2D eigenvalue weighted by molar-refractivity contribution is 5.78. The Morgan fingerprint density at radius 1 is 1.45 bits per heavy atom. The van der Waals surface area contributed by atoms with Crippen LogP contribution in [-0.4, -0.2) is 29.5 Å². The van der Waals surface area contributed by atoms with Gasteiger partial charge in [-0.05, 0) is 32.9 Å². The highest BCUT2D eigenvalue weighted by Crippen LogP contribution is 2.18. The molecule has 0 aliphatic carbocycles. The largest absolute Gasteiger partial charge is 0.482 e. The van der Waals surface area contributed by atoms with E-state index in [0.717, 1.165) is 0 Å². The minimum absolute atomic E-state index is 0.0934. The van der Waals surface area contributed by atoms with Gasteiger partial charge in [0.1, 0.15) is 11.8 Å². The molecule has 1 amide bonds. The van der Waals surface area contributed by atoms with E-state index in [1.807, 2.05) is 26.8 Å². The number of carbonyl (C=O) groups is 1. The third kappa shape index (κ3) is 4.13. The summed E-state index contributed by atoms with van der Waals surface area (Å²) in [6.07, 6.45) is 1.69. The third-order valence-corrected chi connectivity index (χ3v) is 2.78. The smallest absolute Gasteiger partial charge is 0.261 e. The van der Waals surface area contributed by atoms with Crippen molar-refractivity contribution in [2.45, 2.75) is 26.3 Å². The van der Waals surface area contributed by atoms with Crippen LogP contribution in [0.3, 0.4) is 0 Å². The van der Waals surface area contributed by atoms with Gasteiger partial charge in [-0.3, -0.25) is 4.79 Å². The van der Waals surface area contributed by atoms with Gasteiger partial charge in [-0.1, -0.05) is 18.2 Å². The maximum absolute atomic E-state index is 12.2. The van der Waals surface area contributed by atoms with Crippen LogP contribution in [-0.2, 0) is 4.79 Å². The SMILES string of the molecule is C=CCN(C(=O)COc1ccccc1C#N)C(C)(C)C. The van der Waals surface area contributed by atoms with Crippen LogP contribution in [0.5, 0.6) is 5.75 Å². The molecule has 4 nitrogen and oxygen atoms in total. The zero-order valence-corrected chi connectivity index (χ0v) is 12.2. The van der Waals surface area contributed by atoms with Crippen LogP contribution in [0.1, 0.15) is 26.3 Å². The van der Waals surface area contributed by atoms with Gasteiger partial charge >= 0.3 is 0 Å². The normalized spacial score (nSPS) is 10.5. The van der Waals surface area contributed by atoms with Crippen LogP contribution in [0.4, 0.5) is 0 Å². The lowest BCUT2D eigenvalue weighted by atomic mass is 10.1. The Kier molecular flexibility index (Phi) is 5.33. The second-order valence-electron chi connectivity index (χ2n) is 5.36. The van der Waals surface area contributed by atoms with E-state index in [2.05, 4.69) is 6.58 Å². The van der Waals surface area contributed by atoms with Crippen molar-refractivity contribution in [2.75, 3.05) is 13.2 Å². The monoisotopic (exact) mass is 272 g/mol. The van der Waals surface area contributed by atoms with E-state index in [4.69, 9.17) is 10.00 Å². The molecule has 1 aromatic rings. The predicted octanol–water partition coefficient (Wildman–Crippen LogP) is 2.75. The van der Waals surface area contributed by atoms with Gasteiger partial charge in [-0.25, -0.2) is 0 Å². The number of rotatable bonds is 5. The van der Waals surface area contributed by atoms with Gasteiger partial charge in [-0.15, -0.1) is 6.58 Å². The number of nitriles is 1. The fourth-order valence-electron chi connectivity index (χ4n) is 1.78. The lowest BCUT2D eigenvalue weighted by molar-refractivity contribution is -0.137. The fraction of sp³-hybridized carbons (Fsp3) is 0.375. The molecule has 0 bridgehead atoms. The average Bonchev–Trinajstić information content (AvgIpc) is 2.41. The first-order valence-corrected chi connectivity index (χ1v) is 6.43. The Hall–Kier alpha value is -2.28. The number of hydrogen-bond donors (Lipinski definition) is 0. The van der Waals surface area contributed by atoms with Gasteiger partial charge in [0, 0.05) is 12.1 Å². The molecule has 0 aliphatic heterocycles. The Bertz CT molecular complexity index is 524. The van der Waals surface area contributed by atoms with Crippen molar-refractivity contribution in [3.63, 3.8) is 0 Å². The van der Waals surface area contributed by atoms with Crippen molar-refractivity contribution in [1.82, 2.24) is 4.90 Å². The number of amides is 1. The first-order chi connectivity index (χ1) is 9.40. The first-order valence-electron chi connectivity index (χ1n) is 6.43. The maximum Gasteiger partial charge on any atom is 0.261 e. The number of carbonyl (C=O) groups excluding carboxylic acids is 1. The molecule has 0 aromatic heterocycles. The molecule has 0 atom stereocenters. The summed E-state index contributed by atoms with van der Waals surface area (Å²) >= 11 is 0. The van der Waals surface area contributed by atoms with E-state index in [9.17, 15) is 4.79 Å². The van der Waals surface area contributed by atoms with Crippen LogP contribution in [0.2, 0.25) is 0 Å². The topological polar surface area (TPSA) is 53.3 Å². The van der Waals surface area contributed by atoms with Crippen molar-refractivity contribution >= 4 is 5.91 Å². The van der Waals surface area contributed by atoms with Crippen molar-refractivity contribution in [2.24, 2.45) is 0 Å². The van der Waals surface area contributed by atoms with Crippen molar-refractivity contribution in [1.29, 1.82) is 5.26 Å². The molecule has 20 heavy (non-hydrogen) atoms. The second kappa shape index (κ2) is 6.76. The molecule has 4 heteroatoms. The molecule has 0 aliphatic rings. The summed E-state index contributed by atoms with van der Waals surface area (Å²) in [7, 11) is 0. The summed E-state index contributed by atoms with van der Waals surface area (Å²) in [5, 5.41) is 8.97. The molecular formula is C16H20N2O2.